The Hall–Kier alpha value is -3.29. The van der Waals surface area contributed by atoms with Crippen LogP contribution < -0.4 is 10.1 Å². The number of hydrogen-bond acceptors (Lipinski definition) is 5. The second-order valence-electron chi connectivity index (χ2n) is 7.20. The molecule has 0 saturated heterocycles. The summed E-state index contributed by atoms with van der Waals surface area (Å²) in [7, 11) is 0. The van der Waals surface area contributed by atoms with Gasteiger partial charge in [-0.15, -0.1) is 10.2 Å². The molecule has 1 heterocycles. The lowest BCUT2D eigenvalue weighted by Crippen LogP contribution is -2.15. The molecule has 1 amide bonds. The monoisotopic (exact) mass is 478 g/mol. The quantitative estimate of drug-likeness (QED) is 0.313. The molecule has 8 heteroatoms. The highest BCUT2D eigenvalue weighted by Crippen LogP contribution is 2.32. The van der Waals surface area contributed by atoms with E-state index in [1.165, 1.54) is 11.8 Å². The summed E-state index contributed by atoms with van der Waals surface area (Å²) in [6.45, 7) is 4.50. The number of carbonyl (C=O) groups is 1. The SMILES string of the molecule is CCOc1ccc(-n2c(SCC(=O)Nc3ccccc3C)nnc2-c2ccccc2Cl)cc1. The minimum Gasteiger partial charge on any atom is -0.494 e. The van der Waals surface area contributed by atoms with Crippen molar-refractivity contribution in [1.29, 1.82) is 0 Å². The van der Waals surface area contributed by atoms with Gasteiger partial charge in [-0.3, -0.25) is 9.36 Å². The second kappa shape index (κ2) is 10.6. The number of thioether (sulfide) groups is 1. The molecule has 0 spiro atoms. The number of anilines is 1. The fraction of sp³-hybridized carbons (Fsp3) is 0.160. The Morgan fingerprint density at radius 3 is 2.48 bits per heavy atom. The number of ether oxygens (including phenoxy) is 1. The van der Waals surface area contributed by atoms with E-state index in [-0.39, 0.29) is 11.7 Å². The van der Waals surface area contributed by atoms with E-state index >= 15 is 0 Å². The number of amides is 1. The van der Waals surface area contributed by atoms with Crippen molar-refractivity contribution >= 4 is 35.0 Å². The third-order valence-corrected chi connectivity index (χ3v) is 6.16. The van der Waals surface area contributed by atoms with Crippen LogP contribution in [0.2, 0.25) is 5.02 Å². The summed E-state index contributed by atoms with van der Waals surface area (Å²) in [6, 6.07) is 22.8. The highest BCUT2D eigenvalue weighted by molar-refractivity contribution is 7.99. The Bertz CT molecular complexity index is 1260. The van der Waals surface area contributed by atoms with Crippen LogP contribution in [0.5, 0.6) is 5.75 Å². The van der Waals surface area contributed by atoms with Crippen molar-refractivity contribution in [3.63, 3.8) is 0 Å². The lowest BCUT2D eigenvalue weighted by Gasteiger charge is -2.12. The number of rotatable bonds is 8. The van der Waals surface area contributed by atoms with E-state index in [4.69, 9.17) is 16.3 Å². The van der Waals surface area contributed by atoms with E-state index in [0.717, 1.165) is 28.3 Å². The van der Waals surface area contributed by atoms with Crippen LogP contribution >= 0.6 is 23.4 Å². The van der Waals surface area contributed by atoms with Gasteiger partial charge in [0.2, 0.25) is 5.91 Å². The van der Waals surface area contributed by atoms with Crippen molar-refractivity contribution in [2.75, 3.05) is 17.7 Å². The average molecular weight is 479 g/mol. The summed E-state index contributed by atoms with van der Waals surface area (Å²) in [5.41, 5.74) is 3.42. The number of halogens is 1. The number of carbonyl (C=O) groups excluding carboxylic acids is 1. The average Bonchev–Trinajstić information content (AvgIpc) is 3.24. The van der Waals surface area contributed by atoms with Gasteiger partial charge >= 0.3 is 0 Å². The third kappa shape index (κ3) is 5.38. The fourth-order valence-corrected chi connectivity index (χ4v) is 4.27. The topological polar surface area (TPSA) is 69.0 Å². The van der Waals surface area contributed by atoms with Gasteiger partial charge in [0.1, 0.15) is 5.75 Å². The predicted molar refractivity (Wildman–Crippen MR) is 134 cm³/mol. The number of aromatic nitrogens is 3. The summed E-state index contributed by atoms with van der Waals surface area (Å²) in [5.74, 6) is 1.45. The smallest absolute Gasteiger partial charge is 0.234 e. The molecule has 0 atom stereocenters. The van der Waals surface area contributed by atoms with Gasteiger partial charge in [-0.2, -0.15) is 0 Å². The number of hydrogen-bond donors (Lipinski definition) is 1. The Labute approximate surface area is 202 Å². The highest BCUT2D eigenvalue weighted by atomic mass is 35.5. The van der Waals surface area contributed by atoms with E-state index in [1.54, 1.807) is 0 Å². The van der Waals surface area contributed by atoms with Crippen molar-refractivity contribution in [3.05, 3.63) is 83.4 Å². The first-order valence-corrected chi connectivity index (χ1v) is 11.8. The third-order valence-electron chi connectivity index (χ3n) is 4.91. The summed E-state index contributed by atoms with van der Waals surface area (Å²) in [6.07, 6.45) is 0. The van der Waals surface area contributed by atoms with Crippen molar-refractivity contribution < 1.29 is 9.53 Å². The number of para-hydroxylation sites is 1. The predicted octanol–water partition coefficient (Wildman–Crippen LogP) is 6.03. The normalized spacial score (nSPS) is 10.8. The second-order valence-corrected chi connectivity index (χ2v) is 8.55. The maximum absolute atomic E-state index is 12.6. The van der Waals surface area contributed by atoms with Crippen molar-refractivity contribution in [2.45, 2.75) is 19.0 Å². The first kappa shape index (κ1) is 22.9. The van der Waals surface area contributed by atoms with Crippen molar-refractivity contribution in [3.8, 4) is 22.8 Å². The van der Waals surface area contributed by atoms with Gasteiger partial charge in [0.15, 0.2) is 11.0 Å². The van der Waals surface area contributed by atoms with Crippen molar-refractivity contribution in [2.24, 2.45) is 0 Å². The summed E-state index contributed by atoms with van der Waals surface area (Å²) < 4.78 is 7.47. The first-order valence-electron chi connectivity index (χ1n) is 10.5. The zero-order chi connectivity index (χ0) is 23.2. The lowest BCUT2D eigenvalue weighted by atomic mass is 10.2. The van der Waals surface area contributed by atoms with Crippen LogP contribution in [0.3, 0.4) is 0 Å². The molecular formula is C25H23ClN4O2S. The minimum absolute atomic E-state index is 0.116. The molecular weight excluding hydrogens is 456 g/mol. The molecule has 0 aliphatic rings. The van der Waals surface area contributed by atoms with Crippen LogP contribution in [0.4, 0.5) is 5.69 Å². The molecule has 33 heavy (non-hydrogen) atoms. The summed E-state index contributed by atoms with van der Waals surface area (Å²) >= 11 is 7.77. The van der Waals surface area contributed by atoms with E-state index in [2.05, 4.69) is 15.5 Å². The molecule has 3 aromatic carbocycles. The Balaban J connectivity index is 1.63. The molecule has 0 aliphatic carbocycles. The Morgan fingerprint density at radius 2 is 1.76 bits per heavy atom. The van der Waals surface area contributed by atoms with E-state index in [0.29, 0.717) is 22.6 Å². The van der Waals surface area contributed by atoms with Crippen LogP contribution in [-0.4, -0.2) is 33.0 Å². The maximum atomic E-state index is 12.6. The molecule has 0 radical (unpaired) electrons. The van der Waals surface area contributed by atoms with Gasteiger partial charge in [-0.05, 0) is 61.9 Å². The molecule has 1 aromatic heterocycles. The highest BCUT2D eigenvalue weighted by Gasteiger charge is 2.19. The van der Waals surface area contributed by atoms with Crippen LogP contribution in [0.1, 0.15) is 12.5 Å². The van der Waals surface area contributed by atoms with E-state index in [1.807, 2.05) is 91.2 Å². The fourth-order valence-electron chi connectivity index (χ4n) is 3.30. The van der Waals surface area contributed by atoms with Gasteiger partial charge < -0.3 is 10.1 Å². The van der Waals surface area contributed by atoms with Gasteiger partial charge in [-0.25, -0.2) is 0 Å². The van der Waals surface area contributed by atoms with Gasteiger partial charge in [0, 0.05) is 16.9 Å². The first-order chi connectivity index (χ1) is 16.1. The Morgan fingerprint density at radius 1 is 1.03 bits per heavy atom. The number of benzene rings is 3. The Kier molecular flexibility index (Phi) is 7.32. The molecule has 1 N–H and O–H groups in total. The lowest BCUT2D eigenvalue weighted by molar-refractivity contribution is -0.113. The molecule has 6 nitrogen and oxygen atoms in total. The molecule has 0 unspecified atom stereocenters. The largest absolute Gasteiger partial charge is 0.494 e. The zero-order valence-corrected chi connectivity index (χ0v) is 19.9. The standard InChI is InChI=1S/C25H23ClN4O2S/c1-3-32-19-14-12-18(13-15-19)30-24(20-9-5-6-10-21(20)26)28-29-25(30)33-16-23(31)27-22-11-7-4-8-17(22)2/h4-15H,3,16H2,1-2H3,(H,27,31). The van der Waals surface area contributed by atoms with Crippen LogP contribution in [0, 0.1) is 6.92 Å². The molecule has 168 valence electrons. The van der Waals surface area contributed by atoms with Gasteiger partial charge in [-0.1, -0.05) is 53.7 Å². The summed E-state index contributed by atoms with van der Waals surface area (Å²) in [5, 5.41) is 12.9. The molecule has 0 fully saturated rings. The molecule has 0 bridgehead atoms. The number of nitrogens with zero attached hydrogens (tertiary/aromatic N) is 3. The van der Waals surface area contributed by atoms with Crippen molar-refractivity contribution in [1.82, 2.24) is 14.8 Å². The number of aryl methyl sites for hydroxylation is 1. The maximum Gasteiger partial charge on any atom is 0.234 e. The van der Waals surface area contributed by atoms with Gasteiger partial charge in [0.25, 0.3) is 0 Å². The molecule has 0 aliphatic heterocycles. The summed E-state index contributed by atoms with van der Waals surface area (Å²) in [4.78, 5) is 12.6. The van der Waals surface area contributed by atoms with E-state index in [9.17, 15) is 4.79 Å². The number of nitrogens with one attached hydrogen (secondary N) is 1. The molecule has 0 saturated carbocycles. The van der Waals surface area contributed by atoms with Crippen LogP contribution in [-0.2, 0) is 4.79 Å². The minimum atomic E-state index is -0.116. The molecule has 4 rings (SSSR count). The molecule has 4 aromatic rings. The van der Waals surface area contributed by atoms with E-state index < -0.39 is 0 Å². The van der Waals surface area contributed by atoms with Gasteiger partial charge in [0.05, 0.1) is 17.4 Å². The van der Waals surface area contributed by atoms with Crippen LogP contribution in [0.15, 0.2) is 78.0 Å². The zero-order valence-electron chi connectivity index (χ0n) is 18.3. The van der Waals surface area contributed by atoms with Crippen LogP contribution in [0.25, 0.3) is 17.1 Å².